The molecule has 168 valence electrons. The summed E-state index contributed by atoms with van der Waals surface area (Å²) in [6, 6.07) is 19.6. The molecule has 0 radical (unpaired) electrons. The molecule has 0 aliphatic carbocycles. The van der Waals surface area contributed by atoms with Crippen molar-refractivity contribution in [3.8, 4) is 39.6 Å². The highest BCUT2D eigenvalue weighted by molar-refractivity contribution is 6.39. The second-order valence-electron chi connectivity index (χ2n) is 7.54. The second kappa shape index (κ2) is 10.1. The minimum absolute atomic E-state index is 0.155. The van der Waals surface area contributed by atoms with Crippen molar-refractivity contribution >= 4 is 35.0 Å². The van der Waals surface area contributed by atoms with Crippen LogP contribution < -0.4 is 5.32 Å². The standard InChI is InChI=1S/C26H22Cl2N2O3/c1-2-3-14-22(32)29-26-24(23-20(27)12-7-13-21(23)28)30-25(33-26)19-11-5-4-10-18(19)16-8-6-9-17(31)15-16/h4-13,15,31H,2-3,14H2,1H3,(H,29,32). The molecule has 0 aliphatic rings. The summed E-state index contributed by atoms with van der Waals surface area (Å²) in [6.45, 7) is 2.02. The number of anilines is 1. The number of carbonyl (C=O) groups excluding carboxylic acids is 1. The van der Waals surface area contributed by atoms with E-state index in [9.17, 15) is 9.90 Å². The molecular weight excluding hydrogens is 459 g/mol. The van der Waals surface area contributed by atoms with E-state index in [1.54, 1.807) is 36.4 Å². The number of phenolic OH excluding ortho intramolecular Hbond substituents is 1. The molecule has 0 unspecified atom stereocenters. The SMILES string of the molecule is CCCCC(=O)Nc1oc(-c2ccccc2-c2cccc(O)c2)nc1-c1c(Cl)cccc1Cl. The van der Waals surface area contributed by atoms with Crippen LogP contribution in [0.2, 0.25) is 10.0 Å². The average molecular weight is 481 g/mol. The summed E-state index contributed by atoms with van der Waals surface area (Å²) >= 11 is 12.9. The van der Waals surface area contributed by atoms with E-state index in [0.717, 1.165) is 24.0 Å². The minimum Gasteiger partial charge on any atom is -0.508 e. The third-order valence-corrected chi connectivity index (χ3v) is 5.78. The smallest absolute Gasteiger partial charge is 0.229 e. The summed E-state index contributed by atoms with van der Waals surface area (Å²) in [5.41, 5.74) is 3.15. The fourth-order valence-electron chi connectivity index (χ4n) is 3.53. The van der Waals surface area contributed by atoms with Crippen molar-refractivity contribution in [1.29, 1.82) is 0 Å². The zero-order valence-corrected chi connectivity index (χ0v) is 19.5. The van der Waals surface area contributed by atoms with Gasteiger partial charge >= 0.3 is 0 Å². The number of nitrogens with one attached hydrogen (secondary N) is 1. The molecule has 4 aromatic rings. The predicted molar refractivity (Wildman–Crippen MR) is 133 cm³/mol. The van der Waals surface area contributed by atoms with Gasteiger partial charge in [-0.3, -0.25) is 10.1 Å². The molecule has 4 rings (SSSR count). The molecule has 5 nitrogen and oxygen atoms in total. The van der Waals surface area contributed by atoms with Crippen molar-refractivity contribution < 1.29 is 14.3 Å². The van der Waals surface area contributed by atoms with Crippen LogP contribution >= 0.6 is 23.2 Å². The van der Waals surface area contributed by atoms with Crippen molar-refractivity contribution in [3.63, 3.8) is 0 Å². The van der Waals surface area contributed by atoms with Crippen LogP contribution in [0.15, 0.2) is 71.1 Å². The van der Waals surface area contributed by atoms with E-state index < -0.39 is 0 Å². The summed E-state index contributed by atoms with van der Waals surface area (Å²) < 4.78 is 6.09. The Labute approximate surface area is 202 Å². The van der Waals surface area contributed by atoms with Gasteiger partial charge in [-0.1, -0.05) is 72.9 Å². The van der Waals surface area contributed by atoms with Gasteiger partial charge < -0.3 is 9.52 Å². The number of hydrogen-bond acceptors (Lipinski definition) is 4. The number of phenols is 1. The van der Waals surface area contributed by atoms with Gasteiger partial charge in [-0.25, -0.2) is 4.98 Å². The molecule has 0 aliphatic heterocycles. The van der Waals surface area contributed by atoms with Gasteiger partial charge in [-0.15, -0.1) is 0 Å². The maximum atomic E-state index is 12.5. The van der Waals surface area contributed by atoms with E-state index >= 15 is 0 Å². The van der Waals surface area contributed by atoms with Crippen molar-refractivity contribution in [1.82, 2.24) is 4.98 Å². The molecule has 1 amide bonds. The molecule has 0 spiro atoms. The van der Waals surface area contributed by atoms with E-state index in [4.69, 9.17) is 32.6 Å². The highest BCUT2D eigenvalue weighted by Gasteiger charge is 2.23. The first-order chi connectivity index (χ1) is 16.0. The van der Waals surface area contributed by atoms with E-state index in [-0.39, 0.29) is 17.5 Å². The number of oxazole rings is 1. The average Bonchev–Trinajstić information content (AvgIpc) is 3.20. The van der Waals surface area contributed by atoms with Crippen molar-refractivity contribution in [3.05, 3.63) is 76.8 Å². The van der Waals surface area contributed by atoms with Gasteiger partial charge in [0.1, 0.15) is 11.4 Å². The second-order valence-corrected chi connectivity index (χ2v) is 8.36. The summed E-state index contributed by atoms with van der Waals surface area (Å²) in [4.78, 5) is 17.2. The Morgan fingerprint density at radius 1 is 1.00 bits per heavy atom. The van der Waals surface area contributed by atoms with E-state index in [2.05, 4.69) is 5.32 Å². The molecule has 33 heavy (non-hydrogen) atoms. The van der Waals surface area contributed by atoms with Crippen LogP contribution in [0.25, 0.3) is 33.8 Å². The fourth-order valence-corrected chi connectivity index (χ4v) is 4.11. The van der Waals surface area contributed by atoms with E-state index in [1.807, 2.05) is 37.3 Å². The van der Waals surface area contributed by atoms with Gasteiger partial charge in [-0.05, 0) is 47.9 Å². The molecule has 7 heteroatoms. The number of rotatable bonds is 7. The zero-order chi connectivity index (χ0) is 23.4. The maximum Gasteiger partial charge on any atom is 0.229 e. The zero-order valence-electron chi connectivity index (χ0n) is 17.9. The van der Waals surface area contributed by atoms with Gasteiger partial charge in [0.25, 0.3) is 0 Å². The Morgan fingerprint density at radius 3 is 2.39 bits per heavy atom. The summed E-state index contributed by atoms with van der Waals surface area (Å²) in [7, 11) is 0. The minimum atomic E-state index is -0.176. The van der Waals surface area contributed by atoms with Gasteiger partial charge in [0.15, 0.2) is 0 Å². The molecule has 1 heterocycles. The first kappa shape index (κ1) is 22.9. The lowest BCUT2D eigenvalue weighted by atomic mass is 9.99. The largest absolute Gasteiger partial charge is 0.508 e. The number of benzene rings is 3. The van der Waals surface area contributed by atoms with Gasteiger partial charge in [0.2, 0.25) is 17.7 Å². The number of aromatic nitrogens is 1. The van der Waals surface area contributed by atoms with Crippen LogP contribution in [-0.4, -0.2) is 16.0 Å². The Balaban J connectivity index is 1.85. The van der Waals surface area contributed by atoms with Crippen molar-refractivity contribution in [2.45, 2.75) is 26.2 Å². The Hall–Kier alpha value is -3.28. The molecule has 0 saturated carbocycles. The monoisotopic (exact) mass is 480 g/mol. The summed E-state index contributed by atoms with van der Waals surface area (Å²) in [6.07, 6.45) is 2.02. The van der Waals surface area contributed by atoms with Crippen molar-refractivity contribution in [2.24, 2.45) is 0 Å². The lowest BCUT2D eigenvalue weighted by molar-refractivity contribution is -0.116. The van der Waals surface area contributed by atoms with Gasteiger partial charge in [0.05, 0.1) is 10.0 Å². The van der Waals surface area contributed by atoms with E-state index in [1.165, 1.54) is 0 Å². The van der Waals surface area contributed by atoms with Crippen LogP contribution in [0.1, 0.15) is 26.2 Å². The lowest BCUT2D eigenvalue weighted by Gasteiger charge is -2.07. The first-order valence-corrected chi connectivity index (χ1v) is 11.4. The molecule has 0 fully saturated rings. The van der Waals surface area contributed by atoms with Crippen LogP contribution in [-0.2, 0) is 4.79 Å². The number of unbranched alkanes of at least 4 members (excludes halogenated alkanes) is 1. The Bertz CT molecular complexity index is 1280. The highest BCUT2D eigenvalue weighted by Crippen LogP contribution is 2.42. The summed E-state index contributed by atoms with van der Waals surface area (Å²) in [5, 5.41) is 13.6. The molecule has 0 bridgehead atoms. The fraction of sp³-hybridized carbons (Fsp3) is 0.154. The topological polar surface area (TPSA) is 75.4 Å². The summed E-state index contributed by atoms with van der Waals surface area (Å²) in [5.74, 6) is 0.463. The van der Waals surface area contributed by atoms with E-state index in [0.29, 0.717) is 39.2 Å². The number of nitrogens with zero attached hydrogens (tertiary/aromatic N) is 1. The Kier molecular flexibility index (Phi) is 7.02. The lowest BCUT2D eigenvalue weighted by Crippen LogP contribution is -2.11. The molecule has 2 N–H and O–H groups in total. The van der Waals surface area contributed by atoms with Crippen LogP contribution in [0.3, 0.4) is 0 Å². The maximum absolute atomic E-state index is 12.5. The molecular formula is C26H22Cl2N2O3. The van der Waals surface area contributed by atoms with Crippen LogP contribution in [0.5, 0.6) is 5.75 Å². The van der Waals surface area contributed by atoms with Crippen LogP contribution in [0, 0.1) is 0 Å². The van der Waals surface area contributed by atoms with Crippen LogP contribution in [0.4, 0.5) is 5.88 Å². The first-order valence-electron chi connectivity index (χ1n) is 10.6. The molecule has 0 saturated heterocycles. The number of aromatic hydroxyl groups is 1. The molecule has 3 aromatic carbocycles. The highest BCUT2D eigenvalue weighted by atomic mass is 35.5. The Morgan fingerprint density at radius 2 is 1.70 bits per heavy atom. The number of halogens is 2. The number of hydrogen-bond donors (Lipinski definition) is 2. The predicted octanol–water partition coefficient (Wildman–Crippen LogP) is 7.82. The third kappa shape index (κ3) is 5.05. The molecule has 1 aromatic heterocycles. The normalized spacial score (nSPS) is 10.9. The number of amides is 1. The van der Waals surface area contributed by atoms with Crippen molar-refractivity contribution in [2.75, 3.05) is 5.32 Å². The number of carbonyl (C=O) groups is 1. The van der Waals surface area contributed by atoms with Gasteiger partial charge in [0, 0.05) is 17.5 Å². The molecule has 0 atom stereocenters. The third-order valence-electron chi connectivity index (χ3n) is 5.15. The van der Waals surface area contributed by atoms with Gasteiger partial charge in [-0.2, -0.15) is 0 Å². The quantitative estimate of drug-likeness (QED) is 0.282.